The van der Waals surface area contributed by atoms with Crippen molar-refractivity contribution in [2.24, 2.45) is 0 Å². The summed E-state index contributed by atoms with van der Waals surface area (Å²) in [5.41, 5.74) is 3.45. The molecule has 0 N–H and O–H groups in total. The van der Waals surface area contributed by atoms with Gasteiger partial charge in [-0.25, -0.2) is 0 Å². The molecule has 0 unspecified atom stereocenters. The number of halogens is 1. The predicted octanol–water partition coefficient (Wildman–Crippen LogP) is 5.16. The third kappa shape index (κ3) is 4.50. The van der Waals surface area contributed by atoms with Gasteiger partial charge in [-0.15, -0.1) is 0 Å². The van der Waals surface area contributed by atoms with Gasteiger partial charge >= 0.3 is 0 Å². The Balaban J connectivity index is 2.02. The molecule has 140 valence electrons. The number of hydrogen-bond donors (Lipinski definition) is 0. The molecule has 29 heavy (non-hydrogen) atoms. The fourth-order valence-electron chi connectivity index (χ4n) is 2.79. The highest BCUT2D eigenvalue weighted by Gasteiger charge is 2.11. The molecule has 0 amide bonds. The van der Waals surface area contributed by atoms with E-state index in [-0.39, 0.29) is 17.9 Å². The number of aldehydes is 1. The van der Waals surface area contributed by atoms with Gasteiger partial charge in [0.25, 0.3) is 0 Å². The summed E-state index contributed by atoms with van der Waals surface area (Å²) in [6.07, 6.45) is 5.63. The second-order valence-corrected chi connectivity index (χ2v) is 6.31. The van der Waals surface area contributed by atoms with Crippen LogP contribution in [0, 0.1) is 22.7 Å². The molecule has 0 saturated heterocycles. The first-order chi connectivity index (χ1) is 14.2. The summed E-state index contributed by atoms with van der Waals surface area (Å²) in [6.45, 7) is -0.190. The van der Waals surface area contributed by atoms with Crippen LogP contribution in [-0.2, 0) is 0 Å². The third-order valence-corrected chi connectivity index (χ3v) is 4.47. The number of ether oxygens (including phenoxy) is 1. The van der Waals surface area contributed by atoms with Gasteiger partial charge in [-0.2, -0.15) is 10.5 Å². The van der Waals surface area contributed by atoms with Crippen LogP contribution < -0.4 is 4.74 Å². The maximum absolute atomic E-state index is 11.2. The Morgan fingerprint density at radius 3 is 2.55 bits per heavy atom. The predicted molar refractivity (Wildman–Crippen MR) is 111 cm³/mol. The van der Waals surface area contributed by atoms with Crippen LogP contribution in [0.1, 0.15) is 27.2 Å². The van der Waals surface area contributed by atoms with Crippen LogP contribution in [0.5, 0.6) is 5.75 Å². The van der Waals surface area contributed by atoms with Crippen molar-refractivity contribution in [2.75, 3.05) is 6.61 Å². The summed E-state index contributed by atoms with van der Waals surface area (Å²) < 4.78 is 5.29. The SMILES string of the molecule is N#CCOc1cc(/C=C/c2nccc(-c3ccccc3)c2C#N)c(Cl)cc1C=O. The first-order valence-electron chi connectivity index (χ1n) is 8.59. The van der Waals surface area contributed by atoms with Gasteiger partial charge in [-0.05, 0) is 35.4 Å². The summed E-state index contributed by atoms with van der Waals surface area (Å²) in [4.78, 5) is 15.5. The van der Waals surface area contributed by atoms with Crippen LogP contribution in [0.2, 0.25) is 5.02 Å². The van der Waals surface area contributed by atoms with E-state index in [1.54, 1.807) is 30.5 Å². The fourth-order valence-corrected chi connectivity index (χ4v) is 3.02. The van der Waals surface area contributed by atoms with E-state index in [1.165, 1.54) is 6.07 Å². The maximum atomic E-state index is 11.2. The highest BCUT2D eigenvalue weighted by molar-refractivity contribution is 6.32. The maximum Gasteiger partial charge on any atom is 0.174 e. The number of nitriles is 2. The van der Waals surface area contributed by atoms with E-state index in [1.807, 2.05) is 36.4 Å². The topological polar surface area (TPSA) is 86.8 Å². The van der Waals surface area contributed by atoms with Crippen molar-refractivity contribution < 1.29 is 9.53 Å². The molecule has 3 rings (SSSR count). The summed E-state index contributed by atoms with van der Waals surface area (Å²) in [5.74, 6) is 0.261. The van der Waals surface area contributed by atoms with Crippen LogP contribution in [-0.4, -0.2) is 17.9 Å². The van der Waals surface area contributed by atoms with E-state index < -0.39 is 0 Å². The largest absolute Gasteiger partial charge is 0.478 e. The third-order valence-electron chi connectivity index (χ3n) is 4.15. The standard InChI is InChI=1S/C23H14ClN3O2/c24-21-12-18(15-28)23(29-11-9-25)13-17(21)6-7-22-20(14-26)19(8-10-27-22)16-4-2-1-3-5-16/h1-8,10,12-13,15H,11H2/b7-6+. The number of pyridine rings is 1. The van der Waals surface area contributed by atoms with E-state index >= 15 is 0 Å². The van der Waals surface area contributed by atoms with Crippen LogP contribution in [0.3, 0.4) is 0 Å². The summed E-state index contributed by atoms with van der Waals surface area (Å²) in [7, 11) is 0. The van der Waals surface area contributed by atoms with Crippen LogP contribution in [0.25, 0.3) is 23.3 Å². The van der Waals surface area contributed by atoms with E-state index in [9.17, 15) is 10.1 Å². The molecular weight excluding hydrogens is 386 g/mol. The lowest BCUT2D eigenvalue weighted by molar-refractivity contribution is 0.112. The molecule has 1 heterocycles. The average molecular weight is 400 g/mol. The molecule has 5 nitrogen and oxygen atoms in total. The van der Waals surface area contributed by atoms with Crippen LogP contribution >= 0.6 is 11.6 Å². The van der Waals surface area contributed by atoms with Crippen molar-refractivity contribution in [2.45, 2.75) is 0 Å². The minimum absolute atomic E-state index is 0.190. The normalized spacial score (nSPS) is 10.3. The number of rotatable bonds is 6. The smallest absolute Gasteiger partial charge is 0.174 e. The first kappa shape index (κ1) is 19.8. The van der Waals surface area contributed by atoms with Gasteiger partial charge in [-0.1, -0.05) is 48.0 Å². The molecule has 0 aliphatic rings. The average Bonchev–Trinajstić information content (AvgIpc) is 2.77. The molecule has 0 atom stereocenters. The summed E-state index contributed by atoms with van der Waals surface area (Å²) in [5, 5.41) is 18.7. The number of aromatic nitrogens is 1. The molecular formula is C23H14ClN3O2. The quantitative estimate of drug-likeness (QED) is 0.534. The molecule has 0 spiro atoms. The van der Waals surface area contributed by atoms with E-state index in [0.717, 1.165) is 11.1 Å². The molecule has 0 fully saturated rings. The van der Waals surface area contributed by atoms with E-state index in [2.05, 4.69) is 11.1 Å². The lowest BCUT2D eigenvalue weighted by Gasteiger charge is -2.09. The van der Waals surface area contributed by atoms with Crippen molar-refractivity contribution in [1.82, 2.24) is 4.98 Å². The van der Waals surface area contributed by atoms with Crippen molar-refractivity contribution in [3.63, 3.8) is 0 Å². The Bertz CT molecular complexity index is 1160. The minimum Gasteiger partial charge on any atom is -0.478 e. The summed E-state index contributed by atoms with van der Waals surface area (Å²) in [6, 6.07) is 18.5. The number of carbonyl (C=O) groups is 1. The Hall–Kier alpha value is -3.93. The molecule has 1 aromatic heterocycles. The lowest BCUT2D eigenvalue weighted by atomic mass is 9.99. The Kier molecular flexibility index (Phi) is 6.37. The zero-order valence-electron chi connectivity index (χ0n) is 15.2. The second-order valence-electron chi connectivity index (χ2n) is 5.91. The molecule has 2 aromatic carbocycles. The van der Waals surface area contributed by atoms with Gasteiger partial charge < -0.3 is 4.74 Å². The number of benzene rings is 2. The molecule has 0 aliphatic heterocycles. The minimum atomic E-state index is -0.190. The molecule has 0 saturated carbocycles. The monoisotopic (exact) mass is 399 g/mol. The Morgan fingerprint density at radius 1 is 1.07 bits per heavy atom. The molecule has 3 aromatic rings. The molecule has 0 bridgehead atoms. The Labute approximate surface area is 173 Å². The summed E-state index contributed by atoms with van der Waals surface area (Å²) >= 11 is 6.27. The fraction of sp³-hybridized carbons (Fsp3) is 0.0435. The van der Waals surface area contributed by atoms with Crippen LogP contribution in [0.4, 0.5) is 0 Å². The van der Waals surface area contributed by atoms with Gasteiger partial charge in [-0.3, -0.25) is 9.78 Å². The first-order valence-corrected chi connectivity index (χ1v) is 8.96. The van der Waals surface area contributed by atoms with Gasteiger partial charge in [0.1, 0.15) is 17.9 Å². The highest BCUT2D eigenvalue weighted by atomic mass is 35.5. The number of nitrogens with zero attached hydrogens (tertiary/aromatic N) is 3. The van der Waals surface area contributed by atoms with Crippen molar-refractivity contribution in [3.8, 4) is 29.0 Å². The van der Waals surface area contributed by atoms with E-state index in [4.69, 9.17) is 21.6 Å². The zero-order valence-corrected chi connectivity index (χ0v) is 15.9. The van der Waals surface area contributed by atoms with Gasteiger partial charge in [0, 0.05) is 16.8 Å². The van der Waals surface area contributed by atoms with Gasteiger partial charge in [0.15, 0.2) is 12.9 Å². The number of carbonyl (C=O) groups excluding carboxylic acids is 1. The molecule has 0 aliphatic carbocycles. The van der Waals surface area contributed by atoms with Crippen LogP contribution in [0.15, 0.2) is 54.7 Å². The van der Waals surface area contributed by atoms with Gasteiger partial charge in [0.05, 0.1) is 16.8 Å². The van der Waals surface area contributed by atoms with Crippen molar-refractivity contribution in [1.29, 1.82) is 10.5 Å². The van der Waals surface area contributed by atoms with E-state index in [0.29, 0.717) is 28.1 Å². The Morgan fingerprint density at radius 2 is 1.86 bits per heavy atom. The van der Waals surface area contributed by atoms with Gasteiger partial charge in [0.2, 0.25) is 0 Å². The van der Waals surface area contributed by atoms with Crippen molar-refractivity contribution >= 4 is 30.0 Å². The zero-order chi connectivity index (χ0) is 20.6. The molecule has 0 radical (unpaired) electrons. The molecule has 6 heteroatoms. The lowest BCUT2D eigenvalue weighted by Crippen LogP contribution is -1.98. The second kappa shape index (κ2) is 9.32. The van der Waals surface area contributed by atoms with Crippen molar-refractivity contribution in [3.05, 3.63) is 82.1 Å². The number of hydrogen-bond acceptors (Lipinski definition) is 5. The highest BCUT2D eigenvalue weighted by Crippen LogP contribution is 2.29.